The van der Waals surface area contributed by atoms with Crippen LogP contribution in [0.3, 0.4) is 0 Å². The minimum atomic E-state index is -1.60. The van der Waals surface area contributed by atoms with Crippen molar-refractivity contribution >= 4 is 8.48 Å². The van der Waals surface area contributed by atoms with Crippen LogP contribution in [-0.2, 0) is 4.43 Å². The van der Waals surface area contributed by atoms with E-state index >= 15 is 0 Å². The van der Waals surface area contributed by atoms with Crippen LogP contribution in [0.2, 0.25) is 12.1 Å². The van der Waals surface area contributed by atoms with Crippen LogP contribution in [0.4, 0.5) is 0 Å². The van der Waals surface area contributed by atoms with Gasteiger partial charge in [-0.3, -0.25) is 0 Å². The van der Waals surface area contributed by atoms with E-state index in [0.717, 1.165) is 18.7 Å². The van der Waals surface area contributed by atoms with Gasteiger partial charge in [-0.05, 0) is 38.4 Å². The van der Waals surface area contributed by atoms with E-state index in [2.05, 4.69) is 25.4 Å². The van der Waals surface area contributed by atoms with Crippen LogP contribution in [0, 0.1) is 0 Å². The monoisotopic (exact) mass is 215 g/mol. The van der Waals surface area contributed by atoms with Crippen molar-refractivity contribution in [3.8, 4) is 0 Å². The SMILES string of the molecule is CCN[Si](C)(OCC)C1CCCCC1. The molecule has 1 aliphatic rings. The fourth-order valence-electron chi connectivity index (χ4n) is 2.62. The molecule has 0 spiro atoms. The first-order valence-corrected chi connectivity index (χ1v) is 8.60. The van der Waals surface area contributed by atoms with Gasteiger partial charge in [0.1, 0.15) is 0 Å². The minimum Gasteiger partial charge on any atom is -0.403 e. The maximum Gasteiger partial charge on any atom is 0.268 e. The van der Waals surface area contributed by atoms with Crippen molar-refractivity contribution in [3.05, 3.63) is 0 Å². The van der Waals surface area contributed by atoms with Gasteiger partial charge in [0.2, 0.25) is 0 Å². The summed E-state index contributed by atoms with van der Waals surface area (Å²) in [4.78, 5) is 3.65. The molecule has 1 saturated carbocycles. The molecule has 0 aromatic rings. The molecule has 14 heavy (non-hydrogen) atoms. The smallest absolute Gasteiger partial charge is 0.268 e. The van der Waals surface area contributed by atoms with E-state index in [9.17, 15) is 0 Å². The van der Waals surface area contributed by atoms with Gasteiger partial charge in [0.25, 0.3) is 8.48 Å². The van der Waals surface area contributed by atoms with E-state index in [1.807, 2.05) is 0 Å². The lowest BCUT2D eigenvalue weighted by Crippen LogP contribution is -2.54. The third-order valence-electron chi connectivity index (χ3n) is 3.36. The maximum atomic E-state index is 6.04. The van der Waals surface area contributed by atoms with Crippen LogP contribution in [0.25, 0.3) is 0 Å². The molecular formula is C11H25NOSi. The van der Waals surface area contributed by atoms with E-state index in [1.165, 1.54) is 32.1 Å². The van der Waals surface area contributed by atoms with Gasteiger partial charge in [-0.1, -0.05) is 26.2 Å². The summed E-state index contributed by atoms with van der Waals surface area (Å²) in [5, 5.41) is 0. The number of nitrogens with one attached hydrogen (secondary N) is 1. The van der Waals surface area contributed by atoms with Crippen molar-refractivity contribution in [1.29, 1.82) is 0 Å². The van der Waals surface area contributed by atoms with Gasteiger partial charge in [0, 0.05) is 6.61 Å². The van der Waals surface area contributed by atoms with Crippen molar-refractivity contribution in [2.24, 2.45) is 0 Å². The third kappa shape index (κ3) is 3.07. The average Bonchev–Trinajstić information content (AvgIpc) is 2.20. The van der Waals surface area contributed by atoms with E-state index in [0.29, 0.717) is 0 Å². The standard InChI is InChI=1S/C11H25NOSi/c1-4-12-14(3,13-5-2)11-9-7-6-8-10-11/h11-12H,4-10H2,1-3H3. The molecule has 0 aliphatic heterocycles. The molecule has 84 valence electrons. The molecule has 1 fully saturated rings. The highest BCUT2D eigenvalue weighted by atomic mass is 28.4. The molecule has 0 amide bonds. The van der Waals surface area contributed by atoms with Crippen LogP contribution in [0.5, 0.6) is 0 Å². The Hall–Kier alpha value is 0.137. The second-order valence-corrected chi connectivity index (χ2v) is 8.08. The van der Waals surface area contributed by atoms with E-state index in [-0.39, 0.29) is 0 Å². The highest BCUT2D eigenvalue weighted by molar-refractivity contribution is 6.71. The second kappa shape index (κ2) is 5.88. The van der Waals surface area contributed by atoms with Crippen LogP contribution in [-0.4, -0.2) is 21.6 Å². The fraction of sp³-hybridized carbons (Fsp3) is 1.00. The number of hydrogen-bond donors (Lipinski definition) is 1. The van der Waals surface area contributed by atoms with Crippen LogP contribution >= 0.6 is 0 Å². The van der Waals surface area contributed by atoms with Gasteiger partial charge in [0.05, 0.1) is 0 Å². The van der Waals surface area contributed by atoms with Crippen molar-refractivity contribution < 1.29 is 4.43 Å². The quantitative estimate of drug-likeness (QED) is 0.712. The van der Waals surface area contributed by atoms with E-state index in [4.69, 9.17) is 4.43 Å². The molecule has 1 N–H and O–H groups in total. The minimum absolute atomic E-state index is 0.844. The number of hydrogen-bond acceptors (Lipinski definition) is 2. The van der Waals surface area contributed by atoms with Gasteiger partial charge >= 0.3 is 0 Å². The summed E-state index contributed by atoms with van der Waals surface area (Å²) in [6, 6.07) is 0. The predicted octanol–water partition coefficient (Wildman–Crippen LogP) is 3.04. The first kappa shape index (κ1) is 12.2. The summed E-state index contributed by atoms with van der Waals surface area (Å²) >= 11 is 0. The Bertz CT molecular complexity index is 151. The second-order valence-electron chi connectivity index (χ2n) is 4.41. The summed E-state index contributed by atoms with van der Waals surface area (Å²) in [6.07, 6.45) is 7.02. The molecule has 0 aromatic carbocycles. The maximum absolute atomic E-state index is 6.04. The van der Waals surface area contributed by atoms with Gasteiger partial charge in [-0.25, -0.2) is 0 Å². The lowest BCUT2D eigenvalue weighted by Gasteiger charge is -2.37. The summed E-state index contributed by atoms with van der Waals surface area (Å²) in [5.41, 5.74) is 0.844. The molecule has 1 atom stereocenters. The largest absolute Gasteiger partial charge is 0.403 e. The topological polar surface area (TPSA) is 21.3 Å². The Morgan fingerprint density at radius 3 is 2.36 bits per heavy atom. The summed E-state index contributed by atoms with van der Waals surface area (Å²) in [7, 11) is -1.60. The van der Waals surface area contributed by atoms with E-state index in [1.54, 1.807) is 0 Å². The zero-order valence-electron chi connectivity index (χ0n) is 9.94. The zero-order chi connectivity index (χ0) is 10.4. The Balaban J connectivity index is 2.54. The fourth-order valence-corrected chi connectivity index (χ4v) is 6.06. The molecule has 0 heterocycles. The van der Waals surface area contributed by atoms with Gasteiger partial charge in [-0.15, -0.1) is 0 Å². The Morgan fingerprint density at radius 1 is 1.21 bits per heavy atom. The Labute approximate surface area is 89.6 Å². The first-order chi connectivity index (χ1) is 6.73. The third-order valence-corrected chi connectivity index (χ3v) is 7.44. The van der Waals surface area contributed by atoms with Gasteiger partial charge in [-0.2, -0.15) is 0 Å². The molecule has 2 nitrogen and oxygen atoms in total. The van der Waals surface area contributed by atoms with Crippen LogP contribution in [0.1, 0.15) is 46.0 Å². The van der Waals surface area contributed by atoms with Crippen molar-refractivity contribution in [1.82, 2.24) is 4.98 Å². The molecule has 0 bridgehead atoms. The van der Waals surface area contributed by atoms with Crippen molar-refractivity contribution in [2.45, 2.75) is 58.0 Å². The van der Waals surface area contributed by atoms with E-state index < -0.39 is 8.48 Å². The van der Waals surface area contributed by atoms with Crippen LogP contribution in [0.15, 0.2) is 0 Å². The van der Waals surface area contributed by atoms with Crippen molar-refractivity contribution in [3.63, 3.8) is 0 Å². The lowest BCUT2D eigenvalue weighted by atomic mass is 10.0. The Kier molecular flexibility index (Phi) is 5.13. The Morgan fingerprint density at radius 2 is 1.86 bits per heavy atom. The lowest BCUT2D eigenvalue weighted by molar-refractivity contribution is 0.290. The molecular weight excluding hydrogens is 190 g/mol. The molecule has 1 rings (SSSR count). The highest BCUT2D eigenvalue weighted by Gasteiger charge is 2.38. The van der Waals surface area contributed by atoms with Crippen molar-refractivity contribution in [2.75, 3.05) is 13.2 Å². The zero-order valence-corrected chi connectivity index (χ0v) is 10.9. The molecule has 0 saturated heterocycles. The summed E-state index contributed by atoms with van der Waals surface area (Å²) in [5.74, 6) is 0. The molecule has 1 aliphatic carbocycles. The van der Waals surface area contributed by atoms with Gasteiger partial charge < -0.3 is 9.41 Å². The molecule has 1 unspecified atom stereocenters. The van der Waals surface area contributed by atoms with Crippen LogP contribution < -0.4 is 4.98 Å². The molecule has 0 aromatic heterocycles. The molecule has 0 radical (unpaired) electrons. The highest BCUT2D eigenvalue weighted by Crippen LogP contribution is 2.35. The summed E-state index contributed by atoms with van der Waals surface area (Å²) < 4.78 is 6.04. The predicted molar refractivity (Wildman–Crippen MR) is 63.8 cm³/mol. The van der Waals surface area contributed by atoms with Gasteiger partial charge in [0.15, 0.2) is 0 Å². The molecule has 3 heteroatoms. The average molecular weight is 215 g/mol. The number of rotatable bonds is 5. The first-order valence-electron chi connectivity index (χ1n) is 6.12. The normalized spacial score (nSPS) is 23.4. The summed E-state index contributed by atoms with van der Waals surface area (Å²) in [6.45, 7) is 8.58.